The zero-order valence-corrected chi connectivity index (χ0v) is 88.9. The summed E-state index contributed by atoms with van der Waals surface area (Å²) in [6, 6.07) is 91.8. The van der Waals surface area contributed by atoms with Gasteiger partial charge >= 0.3 is 5.97 Å². The molecule has 17 rings (SSSR count). The zero-order chi connectivity index (χ0) is 102. The molecular weight excluding hydrogens is 1890 g/mol. The van der Waals surface area contributed by atoms with Crippen LogP contribution in [0.4, 0.5) is 0 Å². The molecule has 0 amide bonds. The van der Waals surface area contributed by atoms with Gasteiger partial charge in [-0.15, -0.1) is 0 Å². The van der Waals surface area contributed by atoms with E-state index >= 15 is 0 Å². The van der Waals surface area contributed by atoms with Crippen molar-refractivity contribution in [3.8, 4) is 0 Å². The van der Waals surface area contributed by atoms with Crippen molar-refractivity contribution in [3.05, 3.63) is 323 Å². The molecule has 9 aromatic rings. The number of carbonyl (C=O) groups excluding carboxylic acids is 1. The molecule has 8 fully saturated rings. The number of ether oxygens (including phenoxy) is 24. The summed E-state index contributed by atoms with van der Waals surface area (Å²) in [7, 11) is -6.03. The molecule has 0 bridgehead atoms. The Hall–Kier alpha value is -8.12. The lowest BCUT2D eigenvalue weighted by atomic mass is 9.95. The fourth-order valence-corrected chi connectivity index (χ4v) is 30.2. The van der Waals surface area contributed by atoms with E-state index in [1.165, 1.54) is 6.92 Å². The van der Waals surface area contributed by atoms with Crippen LogP contribution >= 0.6 is 0 Å². The van der Waals surface area contributed by atoms with Crippen LogP contribution in [0.3, 0.4) is 0 Å². The van der Waals surface area contributed by atoms with Crippen molar-refractivity contribution in [1.29, 1.82) is 0 Å². The van der Waals surface area contributed by atoms with Gasteiger partial charge in [0.05, 0.1) is 97.6 Å². The van der Waals surface area contributed by atoms with Crippen LogP contribution in [-0.2, 0) is 180 Å². The average molecular weight is 2040 g/mol. The van der Waals surface area contributed by atoms with Gasteiger partial charge in [-0.25, -0.2) is 0 Å². The van der Waals surface area contributed by atoms with E-state index in [1.54, 1.807) is 0 Å². The summed E-state index contributed by atoms with van der Waals surface area (Å²) in [5.41, 5.74) is 6.83. The molecule has 0 saturated carbocycles. The number of hydrogen-bond acceptors (Lipinski definition) is 27. The SMILES string of the molecule is CC[Si](CC)(CC)O[C@H]1[C@H](O[C@@H]2[C@@H](O[C@@H]3OC[C@@H](OCc4ccccc4)[C@H](O[C@@H]4OC[C@@]5(COCc6ccccc6)O[C@H](c6ccccc6)O[C@@H]45)[C@H]3OCc3ccccc3)[C@H](C)O[C@@H](O[C@H]3[C@H](O[Si](C(C)C)(C(C)C)C(C)C)O[C@H](C)[C@H](OC(C)=O)[C@@H]3O[C@@H]3O[C@@H](C)[C@H](OCc4ccccc4)[C@H]4OC(C)(C)O[C@@H]34)[C@@H]2OCc2ccccc2)O[C@H](COCc2ccccc2)[C@@H](OCc2ccccc2)[C@@H]1OCc1ccccc1. The molecule has 0 radical (unpaired) electrons. The molecule has 8 heterocycles. The third-order valence-corrected chi connectivity index (χ3v) is 40.3. The van der Waals surface area contributed by atoms with E-state index in [0.29, 0.717) is 18.1 Å². The highest BCUT2D eigenvalue weighted by Crippen LogP contribution is 2.51. The van der Waals surface area contributed by atoms with Crippen molar-refractivity contribution < 1.29 is 127 Å². The summed E-state index contributed by atoms with van der Waals surface area (Å²) in [5, 5.41) is 0. The largest absolute Gasteiger partial charge is 0.457 e. The van der Waals surface area contributed by atoms with E-state index in [9.17, 15) is 4.79 Å². The third-order valence-electron chi connectivity index (χ3n) is 29.6. The molecule has 0 aliphatic carbocycles. The smallest absolute Gasteiger partial charge is 0.303 e. The minimum atomic E-state index is -3.13. The number of carbonyl (C=O) groups is 1. The van der Waals surface area contributed by atoms with Gasteiger partial charge in [0.15, 0.2) is 64.2 Å². The number of benzene rings is 9. The Morgan fingerprint density at radius 1 is 0.349 bits per heavy atom. The zero-order valence-electron chi connectivity index (χ0n) is 86.9. The number of fused-ring (bicyclic) bond motifs is 2. The molecule has 0 aromatic heterocycles. The second kappa shape index (κ2) is 51.3. The topological polar surface area (TPSA) is 257 Å². The summed E-state index contributed by atoms with van der Waals surface area (Å²) in [4.78, 5) is 14.3. The monoisotopic (exact) mass is 2040 g/mol. The molecule has 8 aliphatic heterocycles. The lowest BCUT2D eigenvalue weighted by molar-refractivity contribution is -0.408. The fraction of sp³-hybridized carbons (Fsp3) is 0.530. The Morgan fingerprint density at radius 2 is 0.733 bits per heavy atom. The first-order valence-corrected chi connectivity index (χ1v) is 57.1. The van der Waals surface area contributed by atoms with Crippen LogP contribution < -0.4 is 0 Å². The third kappa shape index (κ3) is 26.8. The van der Waals surface area contributed by atoms with E-state index in [1.807, 2.05) is 308 Å². The number of esters is 1. The van der Waals surface area contributed by atoms with Crippen LogP contribution in [0, 0.1) is 0 Å². The molecule has 0 N–H and O–H groups in total. The highest BCUT2D eigenvalue weighted by atomic mass is 28.4. The van der Waals surface area contributed by atoms with Crippen LogP contribution in [0.1, 0.15) is 160 Å². The van der Waals surface area contributed by atoms with Crippen molar-refractivity contribution in [2.45, 2.75) is 369 Å². The second-order valence-corrected chi connectivity index (χ2v) is 51.2. The van der Waals surface area contributed by atoms with Gasteiger partial charge in [0.1, 0.15) is 103 Å². The summed E-state index contributed by atoms with van der Waals surface area (Å²) in [6.45, 7) is 31.8. The first-order chi connectivity index (χ1) is 70.9. The molecule has 0 spiro atoms. The van der Waals surface area contributed by atoms with Crippen molar-refractivity contribution in [1.82, 2.24) is 0 Å². The molecule has 27 nitrogen and oxygen atoms in total. The van der Waals surface area contributed by atoms with Crippen LogP contribution in [0.25, 0.3) is 0 Å². The highest BCUT2D eigenvalue weighted by molar-refractivity contribution is 6.77. The van der Waals surface area contributed by atoms with Crippen LogP contribution in [0.5, 0.6) is 0 Å². The molecule has 29 heteroatoms. The van der Waals surface area contributed by atoms with Gasteiger partial charge in [-0.2, -0.15) is 0 Å². The maximum atomic E-state index is 14.3. The first kappa shape index (κ1) is 109. The minimum absolute atomic E-state index is 0.00478. The highest BCUT2D eigenvalue weighted by Gasteiger charge is 2.66. The Labute approximate surface area is 863 Å². The minimum Gasteiger partial charge on any atom is -0.457 e. The number of hydrogen-bond donors (Lipinski definition) is 0. The van der Waals surface area contributed by atoms with E-state index in [-0.39, 0.29) is 95.9 Å². The summed E-state index contributed by atoms with van der Waals surface area (Å²) < 4.78 is 194. The summed E-state index contributed by atoms with van der Waals surface area (Å²) in [5.74, 6) is -1.78. The van der Waals surface area contributed by atoms with Crippen molar-refractivity contribution in [2.24, 2.45) is 0 Å². The molecule has 146 heavy (non-hydrogen) atoms. The summed E-state index contributed by atoms with van der Waals surface area (Å²) >= 11 is 0. The quantitative estimate of drug-likeness (QED) is 0.0253. The lowest BCUT2D eigenvalue weighted by Gasteiger charge is -2.54. The predicted molar refractivity (Wildman–Crippen MR) is 549 cm³/mol. The van der Waals surface area contributed by atoms with E-state index in [4.69, 9.17) is 123 Å². The van der Waals surface area contributed by atoms with Gasteiger partial charge in [-0.1, -0.05) is 335 Å². The Bertz CT molecular complexity index is 5320. The van der Waals surface area contributed by atoms with Gasteiger partial charge in [-0.05, 0) is 114 Å². The average Bonchev–Trinajstić information content (AvgIpc) is 1.73. The van der Waals surface area contributed by atoms with Crippen molar-refractivity contribution >= 4 is 22.6 Å². The predicted octanol–water partition coefficient (Wildman–Crippen LogP) is 20.4. The van der Waals surface area contributed by atoms with E-state index < -0.39 is 200 Å². The molecule has 788 valence electrons. The lowest BCUT2D eigenvalue weighted by Crippen LogP contribution is -2.70. The Morgan fingerprint density at radius 3 is 1.23 bits per heavy atom. The maximum Gasteiger partial charge on any atom is 0.303 e. The van der Waals surface area contributed by atoms with E-state index in [2.05, 4.69) is 62.3 Å². The molecule has 0 unspecified atom stereocenters. The normalized spacial score (nSPS) is 31.5. The fourth-order valence-electron chi connectivity index (χ4n) is 22.0. The maximum absolute atomic E-state index is 14.3. The van der Waals surface area contributed by atoms with Crippen molar-refractivity contribution in [2.75, 3.05) is 26.4 Å². The second-order valence-electron chi connectivity index (χ2n) is 41.1. The molecule has 8 saturated heterocycles. The first-order valence-electron chi connectivity index (χ1n) is 52.4. The van der Waals surface area contributed by atoms with Gasteiger partial charge in [-0.3, -0.25) is 4.79 Å². The van der Waals surface area contributed by atoms with E-state index in [0.717, 1.165) is 50.1 Å². The van der Waals surface area contributed by atoms with Gasteiger partial charge < -0.3 is 123 Å². The summed E-state index contributed by atoms with van der Waals surface area (Å²) in [6.07, 6.45) is -30.1. The van der Waals surface area contributed by atoms with Crippen LogP contribution in [0.2, 0.25) is 34.8 Å². The van der Waals surface area contributed by atoms with Crippen molar-refractivity contribution in [3.63, 3.8) is 0 Å². The molecule has 9 aromatic carbocycles. The standard InChI is InChI=1S/C117H150O27Si2/c1-16-145(17-2,18-3)143-107-99(124-69-88-56-38-24-39-57-88)97(123-68-87-54-36-23-37-55-87)93(72-119-64-83-46-28-19-29-47-83)133-113(107)136-100-96(134-110-103(125-70-89-58-40-25-41-59-89)98(92(73-127-110)121-66-85-50-32-21-33-51-85)135-115-108-117(75-128-115,74-120-65-84-48-30-20-31-49-84)142-109(139-108)91-62-44-27-45-63-91)81(12)130-111(104(100)126-71-90-60-42-26-43-61-90)138-105-101(95(132-82(13)118)80(11)131-114(105)144-146(76(4)5,77(6)7)78(8)9)137-112-106-102(140-116(14,15)141-106)94(79(10)129-112)122-67-86-52-34-22-35-53-86/h19-63,76-81,92-115H,16-18,64-75H2,1-15H3/t79-,80+,81-,92+,93+,94-,95-,96-,97+,98-,99-,100+,101-,102+,103+,104+,105+,106+,107+,108-,109+,110-,111-,112-,113-,114-,115-,117+/m0/s1. The van der Waals surface area contributed by atoms with Crippen LogP contribution in [0.15, 0.2) is 273 Å². The molecule has 28 atom stereocenters. The van der Waals surface area contributed by atoms with Gasteiger partial charge in [0.25, 0.3) is 0 Å². The van der Waals surface area contributed by atoms with Gasteiger partial charge in [0.2, 0.25) is 8.32 Å². The number of rotatable bonds is 48. The Kier molecular flexibility index (Phi) is 38.4. The van der Waals surface area contributed by atoms with Crippen LogP contribution in [-0.4, -0.2) is 220 Å². The Balaban J connectivity index is 0.833. The van der Waals surface area contributed by atoms with Gasteiger partial charge in [0, 0.05) is 12.5 Å². The molecular formula is C117H150O27Si2. The molecule has 8 aliphatic rings.